The number of aromatic nitrogens is 2. The van der Waals surface area contributed by atoms with Crippen LogP contribution in [0.4, 0.5) is 0 Å². The molecule has 78 valence electrons. The van der Waals surface area contributed by atoms with Crippen LogP contribution in [-0.4, -0.2) is 15.9 Å². The average Bonchev–Trinajstić information content (AvgIpc) is 2.79. The van der Waals surface area contributed by atoms with Gasteiger partial charge in [-0.2, -0.15) is 5.10 Å². The molecule has 0 N–H and O–H groups in total. The van der Waals surface area contributed by atoms with Crippen LogP contribution in [0.5, 0.6) is 5.75 Å². The summed E-state index contributed by atoms with van der Waals surface area (Å²) in [6.45, 7) is 3.13. The lowest BCUT2D eigenvalue weighted by Crippen LogP contribution is -2.10. The minimum Gasteiger partial charge on any atom is -0.487 e. The minimum atomic E-state index is 0.439. The molecule has 0 radical (unpaired) electrons. The Bertz CT molecular complexity index is 277. The molecule has 3 nitrogen and oxygen atoms in total. The molecule has 0 atom stereocenters. The molecule has 0 unspecified atom stereocenters. The summed E-state index contributed by atoms with van der Waals surface area (Å²) in [5, 5.41) is 4.24. The summed E-state index contributed by atoms with van der Waals surface area (Å²) in [4.78, 5) is 0. The van der Waals surface area contributed by atoms with Gasteiger partial charge in [0.05, 0.1) is 18.5 Å². The summed E-state index contributed by atoms with van der Waals surface area (Å²) in [6.07, 6.45) is 10.4. The lowest BCUT2D eigenvalue weighted by molar-refractivity contribution is 0.210. The number of rotatable bonds is 4. The molecule has 1 heterocycles. The number of nitrogens with zero attached hydrogens (tertiary/aromatic N) is 2. The van der Waals surface area contributed by atoms with Crippen LogP contribution in [0.2, 0.25) is 0 Å². The third kappa shape index (κ3) is 2.28. The molecule has 1 fully saturated rings. The van der Waals surface area contributed by atoms with E-state index in [1.54, 1.807) is 0 Å². The highest BCUT2D eigenvalue weighted by Gasteiger charge is 2.16. The van der Waals surface area contributed by atoms with Crippen molar-refractivity contribution in [3.8, 4) is 5.75 Å². The van der Waals surface area contributed by atoms with Crippen LogP contribution in [0.1, 0.15) is 39.0 Å². The lowest BCUT2D eigenvalue weighted by atomic mass is 10.3. The monoisotopic (exact) mass is 194 g/mol. The molecule has 1 aliphatic rings. The highest BCUT2D eigenvalue weighted by Crippen LogP contribution is 2.23. The SMILES string of the molecule is CCCn1cc(OC2CCCC2)cn1. The first-order chi connectivity index (χ1) is 6.88. The second-order valence-electron chi connectivity index (χ2n) is 3.96. The summed E-state index contributed by atoms with van der Waals surface area (Å²) in [6, 6.07) is 0. The molecular formula is C11H18N2O. The third-order valence-electron chi connectivity index (χ3n) is 2.67. The number of hydrogen-bond acceptors (Lipinski definition) is 2. The third-order valence-corrected chi connectivity index (χ3v) is 2.67. The van der Waals surface area contributed by atoms with Gasteiger partial charge in [-0.15, -0.1) is 0 Å². The standard InChI is InChI=1S/C11H18N2O/c1-2-7-13-9-11(8-12-13)14-10-5-3-4-6-10/h8-10H,2-7H2,1H3. The quantitative estimate of drug-likeness (QED) is 0.736. The van der Waals surface area contributed by atoms with Crippen LogP contribution in [0.25, 0.3) is 0 Å². The van der Waals surface area contributed by atoms with Crippen LogP contribution in [0.15, 0.2) is 12.4 Å². The fourth-order valence-electron chi connectivity index (χ4n) is 1.96. The van der Waals surface area contributed by atoms with Gasteiger partial charge in [0.25, 0.3) is 0 Å². The molecule has 0 saturated heterocycles. The van der Waals surface area contributed by atoms with Crippen LogP contribution in [-0.2, 0) is 6.54 Å². The van der Waals surface area contributed by atoms with Crippen molar-refractivity contribution in [2.75, 3.05) is 0 Å². The molecule has 1 aromatic rings. The average molecular weight is 194 g/mol. The van der Waals surface area contributed by atoms with Crippen LogP contribution >= 0.6 is 0 Å². The summed E-state index contributed by atoms with van der Waals surface area (Å²) in [5.74, 6) is 0.936. The van der Waals surface area contributed by atoms with E-state index in [0.717, 1.165) is 18.7 Å². The topological polar surface area (TPSA) is 27.1 Å². The molecule has 1 saturated carbocycles. The van der Waals surface area contributed by atoms with E-state index in [1.807, 2.05) is 17.1 Å². The molecule has 3 heteroatoms. The van der Waals surface area contributed by atoms with Gasteiger partial charge in [-0.05, 0) is 32.1 Å². The first-order valence-corrected chi connectivity index (χ1v) is 5.57. The zero-order chi connectivity index (χ0) is 9.80. The van der Waals surface area contributed by atoms with Crippen molar-refractivity contribution in [3.63, 3.8) is 0 Å². The van der Waals surface area contributed by atoms with E-state index in [-0.39, 0.29) is 0 Å². The van der Waals surface area contributed by atoms with Gasteiger partial charge in [0, 0.05) is 6.54 Å². The predicted molar refractivity (Wildman–Crippen MR) is 55.4 cm³/mol. The zero-order valence-corrected chi connectivity index (χ0v) is 8.78. The largest absolute Gasteiger partial charge is 0.487 e. The highest BCUT2D eigenvalue weighted by atomic mass is 16.5. The molecule has 1 aliphatic carbocycles. The number of aryl methyl sites for hydroxylation is 1. The minimum absolute atomic E-state index is 0.439. The molecule has 0 aliphatic heterocycles. The van der Waals surface area contributed by atoms with Crippen molar-refractivity contribution in [2.24, 2.45) is 0 Å². The van der Waals surface area contributed by atoms with E-state index in [2.05, 4.69) is 12.0 Å². The Morgan fingerprint density at radius 3 is 3.00 bits per heavy atom. The second kappa shape index (κ2) is 4.49. The second-order valence-corrected chi connectivity index (χ2v) is 3.96. The van der Waals surface area contributed by atoms with Crippen molar-refractivity contribution in [3.05, 3.63) is 12.4 Å². The highest BCUT2D eigenvalue weighted by molar-refractivity contribution is 5.12. The predicted octanol–water partition coefficient (Wildman–Crippen LogP) is 2.61. The number of hydrogen-bond donors (Lipinski definition) is 0. The Labute approximate surface area is 85.1 Å². The maximum Gasteiger partial charge on any atom is 0.157 e. The molecule has 0 amide bonds. The molecular weight excluding hydrogens is 176 g/mol. The molecule has 2 rings (SSSR count). The van der Waals surface area contributed by atoms with E-state index in [4.69, 9.17) is 4.74 Å². The summed E-state index contributed by atoms with van der Waals surface area (Å²) in [7, 11) is 0. The molecule has 1 aromatic heterocycles. The summed E-state index contributed by atoms with van der Waals surface area (Å²) < 4.78 is 7.77. The maximum absolute atomic E-state index is 5.82. The molecule has 0 aromatic carbocycles. The van der Waals surface area contributed by atoms with Gasteiger partial charge in [0.2, 0.25) is 0 Å². The van der Waals surface area contributed by atoms with Gasteiger partial charge >= 0.3 is 0 Å². The lowest BCUT2D eigenvalue weighted by Gasteiger charge is -2.09. The Morgan fingerprint density at radius 1 is 1.50 bits per heavy atom. The zero-order valence-electron chi connectivity index (χ0n) is 8.78. The first kappa shape index (κ1) is 9.56. The van der Waals surface area contributed by atoms with E-state index < -0.39 is 0 Å². The fourth-order valence-corrected chi connectivity index (χ4v) is 1.96. The van der Waals surface area contributed by atoms with Crippen LogP contribution in [0, 0.1) is 0 Å². The first-order valence-electron chi connectivity index (χ1n) is 5.57. The number of ether oxygens (including phenoxy) is 1. The Hall–Kier alpha value is -0.990. The van der Waals surface area contributed by atoms with Crippen molar-refractivity contribution >= 4 is 0 Å². The maximum atomic E-state index is 5.82. The Morgan fingerprint density at radius 2 is 2.29 bits per heavy atom. The van der Waals surface area contributed by atoms with Crippen LogP contribution < -0.4 is 4.74 Å². The Balaban J connectivity index is 1.88. The normalized spacial score (nSPS) is 17.5. The smallest absolute Gasteiger partial charge is 0.157 e. The van der Waals surface area contributed by atoms with Gasteiger partial charge < -0.3 is 4.74 Å². The van der Waals surface area contributed by atoms with Crippen molar-refractivity contribution < 1.29 is 4.74 Å². The van der Waals surface area contributed by atoms with Crippen molar-refractivity contribution in [1.29, 1.82) is 0 Å². The summed E-state index contributed by atoms with van der Waals surface area (Å²) in [5.41, 5.74) is 0. The van der Waals surface area contributed by atoms with Gasteiger partial charge in [-0.1, -0.05) is 6.92 Å². The van der Waals surface area contributed by atoms with Gasteiger partial charge in [-0.3, -0.25) is 4.68 Å². The Kier molecular flexibility index (Phi) is 3.07. The van der Waals surface area contributed by atoms with E-state index in [0.29, 0.717) is 6.10 Å². The van der Waals surface area contributed by atoms with Gasteiger partial charge in [-0.25, -0.2) is 0 Å². The fraction of sp³-hybridized carbons (Fsp3) is 0.727. The molecule has 14 heavy (non-hydrogen) atoms. The van der Waals surface area contributed by atoms with E-state index in [9.17, 15) is 0 Å². The van der Waals surface area contributed by atoms with E-state index >= 15 is 0 Å². The van der Waals surface area contributed by atoms with E-state index in [1.165, 1.54) is 25.7 Å². The van der Waals surface area contributed by atoms with Gasteiger partial charge in [0.1, 0.15) is 0 Å². The molecule has 0 bridgehead atoms. The van der Waals surface area contributed by atoms with Gasteiger partial charge in [0.15, 0.2) is 5.75 Å². The molecule has 0 spiro atoms. The van der Waals surface area contributed by atoms with Crippen molar-refractivity contribution in [1.82, 2.24) is 9.78 Å². The van der Waals surface area contributed by atoms with Crippen LogP contribution in [0.3, 0.4) is 0 Å². The van der Waals surface area contributed by atoms with Crippen molar-refractivity contribution in [2.45, 2.75) is 51.7 Å². The summed E-state index contributed by atoms with van der Waals surface area (Å²) >= 11 is 0.